The lowest BCUT2D eigenvalue weighted by molar-refractivity contribution is 0.279. The molecule has 0 aromatic heterocycles. The minimum atomic E-state index is 0.124. The zero-order valence-electron chi connectivity index (χ0n) is 13.3. The van der Waals surface area contributed by atoms with E-state index in [2.05, 4.69) is 62.2 Å². The molecular weight excluding hydrogens is 258 g/mol. The minimum Gasteiger partial charge on any atom is -0.392 e. The highest BCUT2D eigenvalue weighted by Gasteiger charge is 2.09. The molecule has 21 heavy (non-hydrogen) atoms. The summed E-state index contributed by atoms with van der Waals surface area (Å²) >= 11 is 0. The predicted molar refractivity (Wildman–Crippen MR) is 88.3 cm³/mol. The first-order chi connectivity index (χ1) is 10.1. The fourth-order valence-electron chi connectivity index (χ4n) is 2.70. The molecule has 0 saturated carbocycles. The monoisotopic (exact) mass is 283 g/mol. The molecule has 1 N–H and O–H groups in total. The molecule has 0 aliphatic carbocycles. The second-order valence-electron chi connectivity index (χ2n) is 5.78. The highest BCUT2D eigenvalue weighted by atomic mass is 16.3. The highest BCUT2D eigenvalue weighted by Crippen LogP contribution is 2.19. The van der Waals surface area contributed by atoms with E-state index in [1.807, 2.05) is 6.07 Å². The van der Waals surface area contributed by atoms with E-state index in [1.165, 1.54) is 22.3 Å². The summed E-state index contributed by atoms with van der Waals surface area (Å²) < 4.78 is 0. The van der Waals surface area contributed by atoms with Crippen molar-refractivity contribution in [1.82, 2.24) is 4.90 Å². The summed E-state index contributed by atoms with van der Waals surface area (Å²) in [5.41, 5.74) is 6.31. The van der Waals surface area contributed by atoms with Gasteiger partial charge in [0, 0.05) is 13.1 Å². The van der Waals surface area contributed by atoms with Crippen molar-refractivity contribution in [1.29, 1.82) is 0 Å². The van der Waals surface area contributed by atoms with Crippen LogP contribution >= 0.6 is 0 Å². The van der Waals surface area contributed by atoms with Gasteiger partial charge in [-0.3, -0.25) is 0 Å². The van der Waals surface area contributed by atoms with E-state index in [0.717, 1.165) is 25.1 Å². The zero-order chi connectivity index (χ0) is 15.2. The third-order valence-electron chi connectivity index (χ3n) is 4.18. The summed E-state index contributed by atoms with van der Waals surface area (Å²) in [6.07, 6.45) is 0.979. The van der Waals surface area contributed by atoms with Crippen molar-refractivity contribution in [3.63, 3.8) is 0 Å². The van der Waals surface area contributed by atoms with E-state index < -0.39 is 0 Å². The molecule has 2 aromatic rings. The summed E-state index contributed by atoms with van der Waals surface area (Å²) in [5.74, 6) is 0. The van der Waals surface area contributed by atoms with Crippen molar-refractivity contribution in [2.24, 2.45) is 0 Å². The van der Waals surface area contributed by atoms with Gasteiger partial charge in [-0.25, -0.2) is 0 Å². The van der Waals surface area contributed by atoms with Gasteiger partial charge in [-0.2, -0.15) is 0 Å². The lowest BCUT2D eigenvalue weighted by atomic mass is 9.95. The Morgan fingerprint density at radius 2 is 1.71 bits per heavy atom. The number of aryl methyl sites for hydroxylation is 1. The molecule has 2 heteroatoms. The molecule has 0 aliphatic rings. The number of aliphatic hydroxyl groups excluding tert-OH is 1. The average Bonchev–Trinajstić information content (AvgIpc) is 2.49. The van der Waals surface area contributed by atoms with Crippen LogP contribution in [0.4, 0.5) is 0 Å². The van der Waals surface area contributed by atoms with E-state index >= 15 is 0 Å². The van der Waals surface area contributed by atoms with Crippen LogP contribution in [0.15, 0.2) is 42.5 Å². The van der Waals surface area contributed by atoms with Crippen LogP contribution in [0.3, 0.4) is 0 Å². The molecular formula is C19H25NO. The van der Waals surface area contributed by atoms with Crippen LogP contribution in [-0.2, 0) is 19.6 Å². The number of benzene rings is 2. The van der Waals surface area contributed by atoms with E-state index in [4.69, 9.17) is 0 Å². The number of nitrogens with zero attached hydrogens (tertiary/aromatic N) is 1. The van der Waals surface area contributed by atoms with Crippen molar-refractivity contribution in [3.8, 4) is 0 Å². The molecule has 0 atom stereocenters. The largest absolute Gasteiger partial charge is 0.392 e. The zero-order valence-corrected chi connectivity index (χ0v) is 13.3. The van der Waals surface area contributed by atoms with Gasteiger partial charge >= 0.3 is 0 Å². The molecule has 2 nitrogen and oxygen atoms in total. The molecule has 0 bridgehead atoms. The van der Waals surface area contributed by atoms with Gasteiger partial charge in [0.2, 0.25) is 0 Å². The Labute approximate surface area is 128 Å². The Morgan fingerprint density at radius 3 is 2.38 bits per heavy atom. The van der Waals surface area contributed by atoms with Gasteiger partial charge in [0.25, 0.3) is 0 Å². The van der Waals surface area contributed by atoms with Crippen LogP contribution in [0.1, 0.15) is 27.8 Å². The lowest BCUT2D eigenvalue weighted by Gasteiger charge is -2.19. The molecule has 0 radical (unpaired) electrons. The van der Waals surface area contributed by atoms with Crippen molar-refractivity contribution < 1.29 is 5.11 Å². The van der Waals surface area contributed by atoms with E-state index in [9.17, 15) is 5.11 Å². The maximum Gasteiger partial charge on any atom is 0.0684 e. The van der Waals surface area contributed by atoms with Crippen LogP contribution in [0.5, 0.6) is 0 Å². The molecule has 2 aromatic carbocycles. The number of hydrogen-bond donors (Lipinski definition) is 1. The standard InChI is InChI=1S/C19H25NO/c1-15-9-10-18(14-21)19(16(15)2)11-12-20(3)13-17-7-5-4-6-8-17/h4-10,21H,11-14H2,1-3H3. The highest BCUT2D eigenvalue weighted by molar-refractivity contribution is 5.39. The number of likely N-dealkylation sites (N-methyl/N-ethyl adjacent to an activating group) is 1. The first-order valence-corrected chi connectivity index (χ1v) is 7.53. The molecule has 0 unspecified atom stereocenters. The molecule has 0 fully saturated rings. The first kappa shape index (κ1) is 15.7. The Balaban J connectivity index is 2.01. The Kier molecular flexibility index (Phi) is 5.54. The second-order valence-corrected chi connectivity index (χ2v) is 5.78. The van der Waals surface area contributed by atoms with Gasteiger partial charge in [0.15, 0.2) is 0 Å². The average molecular weight is 283 g/mol. The number of hydrogen-bond acceptors (Lipinski definition) is 2. The molecule has 0 heterocycles. The first-order valence-electron chi connectivity index (χ1n) is 7.53. The second kappa shape index (κ2) is 7.39. The Bertz CT molecular complexity index is 578. The summed E-state index contributed by atoms with van der Waals surface area (Å²) in [7, 11) is 2.15. The number of aliphatic hydroxyl groups is 1. The van der Waals surface area contributed by atoms with Gasteiger partial charge in [0.05, 0.1) is 6.61 Å². The topological polar surface area (TPSA) is 23.5 Å². The quantitative estimate of drug-likeness (QED) is 0.877. The maximum atomic E-state index is 9.52. The molecule has 0 aliphatic heterocycles. The van der Waals surface area contributed by atoms with Gasteiger partial charge < -0.3 is 10.0 Å². The molecule has 112 valence electrons. The summed E-state index contributed by atoms with van der Waals surface area (Å²) in [6.45, 7) is 6.36. The van der Waals surface area contributed by atoms with Crippen molar-refractivity contribution in [2.45, 2.75) is 33.4 Å². The van der Waals surface area contributed by atoms with Crippen molar-refractivity contribution >= 4 is 0 Å². The van der Waals surface area contributed by atoms with Gasteiger partial charge in [-0.05, 0) is 55.1 Å². The van der Waals surface area contributed by atoms with Gasteiger partial charge in [0.1, 0.15) is 0 Å². The smallest absolute Gasteiger partial charge is 0.0684 e. The normalized spacial score (nSPS) is 11.1. The fraction of sp³-hybridized carbons (Fsp3) is 0.368. The fourth-order valence-corrected chi connectivity index (χ4v) is 2.70. The van der Waals surface area contributed by atoms with E-state index in [0.29, 0.717) is 0 Å². The molecule has 0 amide bonds. The Morgan fingerprint density at radius 1 is 1.00 bits per heavy atom. The minimum absolute atomic E-state index is 0.124. The summed E-state index contributed by atoms with van der Waals surface area (Å²) in [4.78, 5) is 2.33. The van der Waals surface area contributed by atoms with Crippen LogP contribution in [0, 0.1) is 13.8 Å². The third kappa shape index (κ3) is 4.16. The van der Waals surface area contributed by atoms with Crippen molar-refractivity contribution in [2.75, 3.05) is 13.6 Å². The predicted octanol–water partition coefficient (Wildman–Crippen LogP) is 3.47. The molecule has 0 saturated heterocycles. The maximum absolute atomic E-state index is 9.52. The lowest BCUT2D eigenvalue weighted by Crippen LogP contribution is -2.21. The van der Waals surface area contributed by atoms with Crippen molar-refractivity contribution in [3.05, 3.63) is 70.3 Å². The van der Waals surface area contributed by atoms with Gasteiger partial charge in [-0.1, -0.05) is 42.5 Å². The summed E-state index contributed by atoms with van der Waals surface area (Å²) in [6, 6.07) is 14.7. The van der Waals surface area contributed by atoms with Gasteiger partial charge in [-0.15, -0.1) is 0 Å². The SMILES string of the molecule is Cc1ccc(CO)c(CCN(C)Cc2ccccc2)c1C. The third-order valence-corrected chi connectivity index (χ3v) is 4.18. The van der Waals surface area contributed by atoms with Crippen LogP contribution in [0.2, 0.25) is 0 Å². The van der Waals surface area contributed by atoms with E-state index in [1.54, 1.807) is 0 Å². The molecule has 2 rings (SSSR count). The van der Waals surface area contributed by atoms with E-state index in [-0.39, 0.29) is 6.61 Å². The Hall–Kier alpha value is -1.64. The molecule has 0 spiro atoms. The van der Waals surface area contributed by atoms with Crippen LogP contribution in [0.25, 0.3) is 0 Å². The van der Waals surface area contributed by atoms with Crippen LogP contribution < -0.4 is 0 Å². The summed E-state index contributed by atoms with van der Waals surface area (Å²) in [5, 5.41) is 9.52. The van der Waals surface area contributed by atoms with Crippen LogP contribution in [-0.4, -0.2) is 23.6 Å². The number of rotatable bonds is 6.